The minimum absolute atomic E-state index is 0.109. The van der Waals surface area contributed by atoms with Crippen molar-refractivity contribution in [3.8, 4) is 11.5 Å². The molecule has 2 aromatic carbocycles. The number of hydrogen-bond donors (Lipinski definition) is 0. The molecule has 0 bridgehead atoms. The molecule has 4 rings (SSSR count). The van der Waals surface area contributed by atoms with Crippen LogP contribution in [0.4, 0.5) is 0 Å². The molecular formula is C24H29NO7P-3. The van der Waals surface area contributed by atoms with Crippen LogP contribution in [0.5, 0.6) is 11.5 Å². The SMILES string of the molecule is COc1cc2c(cc1OC)C(=O)C(CC1CCN(Cc3ccccc3)CC1)C2.O=P([O-])([O-])[O-]. The highest BCUT2D eigenvalue weighted by Crippen LogP contribution is 2.39. The van der Waals surface area contributed by atoms with Gasteiger partial charge in [0.2, 0.25) is 0 Å². The van der Waals surface area contributed by atoms with Gasteiger partial charge in [0.1, 0.15) is 0 Å². The highest BCUT2D eigenvalue weighted by Gasteiger charge is 2.34. The Morgan fingerprint density at radius 1 is 1.00 bits per heavy atom. The average Bonchev–Trinajstić information content (AvgIpc) is 3.08. The van der Waals surface area contributed by atoms with E-state index in [2.05, 4.69) is 35.2 Å². The third kappa shape index (κ3) is 7.39. The van der Waals surface area contributed by atoms with Crippen LogP contribution in [0.25, 0.3) is 0 Å². The number of phosphoric acid groups is 1. The first-order valence-corrected chi connectivity index (χ1v) is 12.4. The molecule has 9 heteroatoms. The molecule has 0 spiro atoms. The Morgan fingerprint density at radius 3 is 2.15 bits per heavy atom. The number of fused-ring (bicyclic) bond motifs is 1. The van der Waals surface area contributed by atoms with Gasteiger partial charge in [-0.05, 0) is 68.0 Å². The number of carbonyl (C=O) groups excluding carboxylic acids is 1. The van der Waals surface area contributed by atoms with Crippen molar-refractivity contribution in [1.82, 2.24) is 4.90 Å². The molecule has 0 N–H and O–H groups in total. The molecule has 0 saturated carbocycles. The van der Waals surface area contributed by atoms with E-state index in [0.29, 0.717) is 17.4 Å². The molecule has 8 nitrogen and oxygen atoms in total. The second-order valence-corrected chi connectivity index (χ2v) is 9.41. The fraction of sp³-hybridized carbons (Fsp3) is 0.458. The number of ether oxygens (including phenoxy) is 2. The highest BCUT2D eigenvalue weighted by atomic mass is 31.2. The van der Waals surface area contributed by atoms with Crippen LogP contribution in [-0.4, -0.2) is 38.0 Å². The molecule has 1 unspecified atom stereocenters. The van der Waals surface area contributed by atoms with Gasteiger partial charge >= 0.3 is 0 Å². The maximum absolute atomic E-state index is 12.9. The Hall–Kier alpha value is -2.22. The summed E-state index contributed by atoms with van der Waals surface area (Å²) in [5.41, 5.74) is 3.31. The van der Waals surface area contributed by atoms with Gasteiger partial charge in [-0.1, -0.05) is 30.3 Å². The van der Waals surface area contributed by atoms with Crippen LogP contribution in [0.2, 0.25) is 0 Å². The Kier molecular flexibility index (Phi) is 8.68. The second kappa shape index (κ2) is 11.3. The van der Waals surface area contributed by atoms with Crippen LogP contribution >= 0.6 is 7.82 Å². The molecule has 1 heterocycles. The van der Waals surface area contributed by atoms with E-state index in [1.54, 1.807) is 14.2 Å². The van der Waals surface area contributed by atoms with Crippen molar-refractivity contribution < 1.29 is 33.5 Å². The summed E-state index contributed by atoms with van der Waals surface area (Å²) < 4.78 is 19.3. The van der Waals surface area contributed by atoms with Crippen molar-refractivity contribution in [1.29, 1.82) is 0 Å². The van der Waals surface area contributed by atoms with Crippen molar-refractivity contribution in [3.63, 3.8) is 0 Å². The molecule has 1 atom stereocenters. The molecule has 1 saturated heterocycles. The molecule has 2 aromatic rings. The lowest BCUT2D eigenvalue weighted by atomic mass is 9.85. The molecule has 180 valence electrons. The van der Waals surface area contributed by atoms with Crippen LogP contribution in [0.3, 0.4) is 0 Å². The predicted octanol–water partition coefficient (Wildman–Crippen LogP) is 1.54. The number of rotatable bonds is 6. The number of Topliss-reactive ketones (excluding diaryl/α,β-unsaturated/α-hetero) is 1. The fourth-order valence-corrected chi connectivity index (χ4v) is 4.71. The van der Waals surface area contributed by atoms with E-state index < -0.39 is 7.82 Å². The molecule has 1 fully saturated rings. The van der Waals surface area contributed by atoms with E-state index in [1.165, 1.54) is 18.4 Å². The molecule has 0 amide bonds. The van der Waals surface area contributed by atoms with Crippen LogP contribution < -0.4 is 24.2 Å². The van der Waals surface area contributed by atoms with Gasteiger partial charge in [0.05, 0.1) is 14.2 Å². The van der Waals surface area contributed by atoms with Crippen molar-refractivity contribution >= 4 is 13.6 Å². The van der Waals surface area contributed by atoms with Crippen LogP contribution in [0, 0.1) is 11.8 Å². The van der Waals surface area contributed by atoms with Crippen molar-refractivity contribution in [2.75, 3.05) is 27.3 Å². The Balaban J connectivity index is 0.000000555. The number of piperidine rings is 1. The van der Waals surface area contributed by atoms with Gasteiger partial charge in [0.15, 0.2) is 17.3 Å². The van der Waals surface area contributed by atoms with Crippen LogP contribution in [0.1, 0.15) is 40.7 Å². The molecular weight excluding hydrogens is 445 g/mol. The van der Waals surface area contributed by atoms with Gasteiger partial charge in [0.25, 0.3) is 0 Å². The number of methoxy groups -OCH3 is 2. The second-order valence-electron chi connectivity index (χ2n) is 8.52. The number of likely N-dealkylation sites (tertiary alicyclic amines) is 1. The maximum Gasteiger partial charge on any atom is 0.166 e. The number of ketones is 1. The summed E-state index contributed by atoms with van der Waals surface area (Å²) in [5, 5.41) is 0. The van der Waals surface area contributed by atoms with Gasteiger partial charge < -0.3 is 28.7 Å². The van der Waals surface area contributed by atoms with E-state index in [0.717, 1.165) is 43.6 Å². The highest BCUT2D eigenvalue weighted by molar-refractivity contribution is 7.40. The average molecular weight is 474 g/mol. The largest absolute Gasteiger partial charge is 0.822 e. The van der Waals surface area contributed by atoms with Crippen molar-refractivity contribution in [2.45, 2.75) is 32.2 Å². The molecule has 33 heavy (non-hydrogen) atoms. The van der Waals surface area contributed by atoms with Gasteiger partial charge in [-0.3, -0.25) is 9.69 Å². The standard InChI is InChI=1S/C24H29NO3.H3O4P/c1-27-22-14-19-13-20(24(26)21(19)15-23(22)28-2)12-17-8-10-25(11-9-17)16-18-6-4-3-5-7-18;1-5(2,3)4/h3-7,14-15,17,20H,8-13,16H2,1-2H3;(H3,1,2,3,4)/p-3. The predicted molar refractivity (Wildman–Crippen MR) is 118 cm³/mol. The number of benzene rings is 2. The zero-order chi connectivity index (χ0) is 24.0. The molecule has 0 radical (unpaired) electrons. The Labute approximate surface area is 194 Å². The third-order valence-electron chi connectivity index (χ3n) is 6.29. The summed E-state index contributed by atoms with van der Waals surface area (Å²) >= 11 is 0. The van der Waals surface area contributed by atoms with E-state index in [-0.39, 0.29) is 11.7 Å². The lowest BCUT2D eigenvalue weighted by Crippen LogP contribution is -2.34. The first kappa shape index (κ1) is 25.4. The van der Waals surface area contributed by atoms with Crippen LogP contribution in [0.15, 0.2) is 42.5 Å². The van der Waals surface area contributed by atoms with E-state index in [1.807, 2.05) is 12.1 Å². The third-order valence-corrected chi connectivity index (χ3v) is 6.29. The number of carbonyl (C=O) groups is 1. The van der Waals surface area contributed by atoms with Crippen molar-refractivity contribution in [2.24, 2.45) is 11.8 Å². The summed E-state index contributed by atoms with van der Waals surface area (Å²) in [6.07, 6.45) is 4.19. The zero-order valence-electron chi connectivity index (χ0n) is 18.9. The first-order valence-electron chi connectivity index (χ1n) is 11.0. The molecule has 2 aliphatic rings. The van der Waals surface area contributed by atoms with Gasteiger partial charge in [0, 0.05) is 18.0 Å². The van der Waals surface area contributed by atoms with E-state index in [4.69, 9.17) is 28.7 Å². The van der Waals surface area contributed by atoms with Crippen molar-refractivity contribution in [3.05, 3.63) is 59.2 Å². The molecule has 1 aliphatic carbocycles. The molecule has 0 aromatic heterocycles. The number of nitrogens with zero attached hydrogens (tertiary/aromatic N) is 1. The minimum Gasteiger partial charge on any atom is -0.822 e. The Bertz CT molecular complexity index is 976. The quantitative estimate of drug-likeness (QED) is 0.578. The molecule has 1 aliphatic heterocycles. The normalized spacial score (nSPS) is 18.9. The summed E-state index contributed by atoms with van der Waals surface area (Å²) in [5.74, 6) is 2.38. The van der Waals surface area contributed by atoms with Crippen LogP contribution in [-0.2, 0) is 17.5 Å². The number of hydrogen-bond acceptors (Lipinski definition) is 8. The van der Waals surface area contributed by atoms with Gasteiger partial charge in [-0.15, -0.1) is 0 Å². The van der Waals surface area contributed by atoms with Gasteiger partial charge in [-0.2, -0.15) is 7.82 Å². The zero-order valence-corrected chi connectivity index (χ0v) is 19.8. The fourth-order valence-electron chi connectivity index (χ4n) is 4.71. The van der Waals surface area contributed by atoms with E-state index in [9.17, 15) is 4.79 Å². The van der Waals surface area contributed by atoms with Gasteiger partial charge in [-0.25, -0.2) is 0 Å². The lowest BCUT2D eigenvalue weighted by molar-refractivity contribution is -0.432. The summed E-state index contributed by atoms with van der Waals surface area (Å²) in [6, 6.07) is 14.5. The minimum atomic E-state index is -5.39. The maximum atomic E-state index is 12.9. The smallest absolute Gasteiger partial charge is 0.166 e. The lowest BCUT2D eigenvalue weighted by Gasteiger charge is -2.36. The topological polar surface area (TPSA) is 125 Å². The summed E-state index contributed by atoms with van der Waals surface area (Å²) in [7, 11) is -2.13. The Morgan fingerprint density at radius 2 is 1.58 bits per heavy atom. The summed E-state index contributed by atoms with van der Waals surface area (Å²) in [4.78, 5) is 41.1. The van der Waals surface area contributed by atoms with E-state index >= 15 is 0 Å². The first-order chi connectivity index (χ1) is 15.7. The summed E-state index contributed by atoms with van der Waals surface area (Å²) in [6.45, 7) is 3.27. The monoisotopic (exact) mass is 474 g/mol.